The van der Waals surface area contributed by atoms with Crippen LogP contribution in [-0.2, 0) is 24.3 Å². The maximum absolute atomic E-state index is 5.71. The third-order valence-electron chi connectivity index (χ3n) is 3.00. The van der Waals surface area contributed by atoms with Gasteiger partial charge in [0.1, 0.15) is 5.01 Å². The van der Waals surface area contributed by atoms with Crippen LogP contribution in [0.4, 0.5) is 0 Å². The molecule has 0 aliphatic heterocycles. The van der Waals surface area contributed by atoms with E-state index in [2.05, 4.69) is 34.5 Å². The molecular weight excluding hydrogens is 302 g/mol. The molecule has 21 heavy (non-hydrogen) atoms. The summed E-state index contributed by atoms with van der Waals surface area (Å²) >= 11 is 3.40. The first-order valence-corrected chi connectivity index (χ1v) is 9.01. The summed E-state index contributed by atoms with van der Waals surface area (Å²) < 4.78 is 5.71. The lowest BCUT2D eigenvalue weighted by Gasteiger charge is -2.04. The summed E-state index contributed by atoms with van der Waals surface area (Å²) in [7, 11) is 0. The minimum Gasteiger partial charge on any atom is -0.375 e. The van der Waals surface area contributed by atoms with E-state index in [4.69, 9.17) is 4.74 Å². The van der Waals surface area contributed by atoms with Crippen LogP contribution >= 0.6 is 22.7 Å². The quantitative estimate of drug-likeness (QED) is 0.718. The molecule has 0 spiro atoms. The molecule has 0 aliphatic rings. The van der Waals surface area contributed by atoms with Gasteiger partial charge < -0.3 is 10.1 Å². The van der Waals surface area contributed by atoms with Gasteiger partial charge in [-0.25, -0.2) is 9.97 Å². The van der Waals surface area contributed by atoms with Gasteiger partial charge in [-0.2, -0.15) is 0 Å². The first-order chi connectivity index (χ1) is 10.1. The van der Waals surface area contributed by atoms with Gasteiger partial charge in [0.05, 0.1) is 30.1 Å². The van der Waals surface area contributed by atoms with Crippen LogP contribution in [0.2, 0.25) is 0 Å². The molecule has 0 aromatic carbocycles. The first kappa shape index (κ1) is 16.5. The zero-order valence-corrected chi connectivity index (χ0v) is 14.5. The van der Waals surface area contributed by atoms with E-state index in [1.165, 1.54) is 4.88 Å². The van der Waals surface area contributed by atoms with E-state index in [1.807, 2.05) is 12.4 Å². The lowest BCUT2D eigenvalue weighted by molar-refractivity contribution is 0.122. The zero-order valence-electron chi connectivity index (χ0n) is 12.9. The number of thiazole rings is 2. The molecule has 0 unspecified atom stereocenters. The van der Waals surface area contributed by atoms with Crippen molar-refractivity contribution < 1.29 is 4.74 Å². The van der Waals surface area contributed by atoms with Crippen molar-refractivity contribution in [3.63, 3.8) is 0 Å². The van der Waals surface area contributed by atoms with E-state index < -0.39 is 0 Å². The molecule has 116 valence electrons. The maximum atomic E-state index is 5.71. The molecule has 0 fully saturated rings. The van der Waals surface area contributed by atoms with E-state index in [1.54, 1.807) is 22.7 Å². The molecule has 2 heterocycles. The number of ether oxygens (including phenoxy) is 1. The van der Waals surface area contributed by atoms with Crippen LogP contribution < -0.4 is 5.32 Å². The standard InChI is InChI=1S/C15H23N3OS2/c1-11(2)6-16-7-15-18-13(9-20-15)8-19-5-4-14-12(3)17-10-21-14/h9-11,16H,4-8H2,1-3H3. The van der Waals surface area contributed by atoms with Crippen molar-refractivity contribution in [2.75, 3.05) is 13.2 Å². The normalized spacial score (nSPS) is 11.4. The van der Waals surface area contributed by atoms with Gasteiger partial charge in [0.2, 0.25) is 0 Å². The highest BCUT2D eigenvalue weighted by molar-refractivity contribution is 7.09. The molecule has 0 radical (unpaired) electrons. The fourth-order valence-electron chi connectivity index (χ4n) is 1.87. The molecule has 1 N–H and O–H groups in total. The van der Waals surface area contributed by atoms with Crippen molar-refractivity contribution in [1.29, 1.82) is 0 Å². The van der Waals surface area contributed by atoms with E-state index in [-0.39, 0.29) is 0 Å². The van der Waals surface area contributed by atoms with E-state index in [0.717, 1.165) is 42.5 Å². The van der Waals surface area contributed by atoms with Crippen molar-refractivity contribution in [2.24, 2.45) is 5.92 Å². The Labute approximate surface area is 134 Å². The Hall–Kier alpha value is -0.820. The third-order valence-corrected chi connectivity index (χ3v) is 4.89. The topological polar surface area (TPSA) is 47.0 Å². The Morgan fingerprint density at radius 1 is 1.33 bits per heavy atom. The van der Waals surface area contributed by atoms with Crippen LogP contribution in [0.5, 0.6) is 0 Å². The minimum atomic E-state index is 0.596. The van der Waals surface area contributed by atoms with Crippen LogP contribution in [0.3, 0.4) is 0 Å². The Bertz CT molecular complexity index is 537. The maximum Gasteiger partial charge on any atom is 0.107 e. The van der Waals surface area contributed by atoms with E-state index in [9.17, 15) is 0 Å². The highest BCUT2D eigenvalue weighted by Gasteiger charge is 2.04. The molecule has 4 nitrogen and oxygen atoms in total. The molecule has 0 amide bonds. The second kappa shape index (κ2) is 8.58. The van der Waals surface area contributed by atoms with Crippen molar-refractivity contribution in [3.8, 4) is 0 Å². The van der Waals surface area contributed by atoms with Gasteiger partial charge in [-0.15, -0.1) is 22.7 Å². The summed E-state index contributed by atoms with van der Waals surface area (Å²) in [6.45, 7) is 9.66. The summed E-state index contributed by atoms with van der Waals surface area (Å²) in [6.07, 6.45) is 0.934. The number of aryl methyl sites for hydroxylation is 1. The number of nitrogens with one attached hydrogen (secondary N) is 1. The van der Waals surface area contributed by atoms with E-state index >= 15 is 0 Å². The Balaban J connectivity index is 1.65. The second-order valence-electron chi connectivity index (χ2n) is 5.42. The smallest absolute Gasteiger partial charge is 0.107 e. The van der Waals surface area contributed by atoms with Gasteiger partial charge in [0.25, 0.3) is 0 Å². The molecule has 0 saturated carbocycles. The highest BCUT2D eigenvalue weighted by Crippen LogP contribution is 2.14. The monoisotopic (exact) mass is 325 g/mol. The largest absolute Gasteiger partial charge is 0.375 e. The number of hydrogen-bond acceptors (Lipinski definition) is 6. The molecule has 6 heteroatoms. The lowest BCUT2D eigenvalue weighted by Crippen LogP contribution is -2.18. The van der Waals surface area contributed by atoms with Crippen molar-refractivity contribution in [3.05, 3.63) is 32.2 Å². The van der Waals surface area contributed by atoms with Crippen LogP contribution in [0.1, 0.15) is 35.1 Å². The van der Waals surface area contributed by atoms with Crippen molar-refractivity contribution in [2.45, 2.75) is 40.3 Å². The molecule has 2 aromatic heterocycles. The van der Waals surface area contributed by atoms with Gasteiger partial charge in [0, 0.05) is 23.2 Å². The average molecular weight is 326 g/mol. The van der Waals surface area contributed by atoms with Crippen LogP contribution in [0.25, 0.3) is 0 Å². The van der Waals surface area contributed by atoms with Gasteiger partial charge in [-0.05, 0) is 19.4 Å². The molecule has 0 bridgehead atoms. The number of hydrogen-bond donors (Lipinski definition) is 1. The predicted molar refractivity (Wildman–Crippen MR) is 88.9 cm³/mol. The van der Waals surface area contributed by atoms with Gasteiger partial charge in [0.15, 0.2) is 0 Å². The van der Waals surface area contributed by atoms with Gasteiger partial charge >= 0.3 is 0 Å². The Kier molecular flexibility index (Phi) is 6.76. The zero-order chi connectivity index (χ0) is 15.1. The lowest BCUT2D eigenvalue weighted by atomic mass is 10.2. The van der Waals surface area contributed by atoms with Crippen LogP contribution in [-0.4, -0.2) is 23.1 Å². The molecule has 2 aromatic rings. The SMILES string of the molecule is Cc1ncsc1CCOCc1csc(CNCC(C)C)n1. The Morgan fingerprint density at radius 3 is 2.90 bits per heavy atom. The summed E-state index contributed by atoms with van der Waals surface area (Å²) in [5, 5.41) is 6.63. The first-order valence-electron chi connectivity index (χ1n) is 7.26. The predicted octanol–water partition coefficient (Wildman–Crippen LogP) is 3.41. The molecule has 0 saturated heterocycles. The third kappa shape index (κ3) is 5.82. The number of rotatable bonds is 9. The molecule has 2 rings (SSSR count). The van der Waals surface area contributed by atoms with Crippen LogP contribution in [0, 0.1) is 12.8 Å². The van der Waals surface area contributed by atoms with E-state index in [0.29, 0.717) is 12.5 Å². The summed E-state index contributed by atoms with van der Waals surface area (Å²) in [6, 6.07) is 0. The summed E-state index contributed by atoms with van der Waals surface area (Å²) in [5.41, 5.74) is 4.04. The highest BCUT2D eigenvalue weighted by atomic mass is 32.1. The van der Waals surface area contributed by atoms with Gasteiger partial charge in [-0.1, -0.05) is 13.8 Å². The Morgan fingerprint density at radius 2 is 2.19 bits per heavy atom. The van der Waals surface area contributed by atoms with Crippen molar-refractivity contribution >= 4 is 22.7 Å². The fourth-order valence-corrected chi connectivity index (χ4v) is 3.38. The fraction of sp³-hybridized carbons (Fsp3) is 0.600. The molecule has 0 aliphatic carbocycles. The minimum absolute atomic E-state index is 0.596. The van der Waals surface area contributed by atoms with Crippen molar-refractivity contribution in [1.82, 2.24) is 15.3 Å². The second-order valence-corrected chi connectivity index (χ2v) is 7.30. The van der Waals surface area contributed by atoms with Crippen LogP contribution in [0.15, 0.2) is 10.9 Å². The molecule has 0 atom stereocenters. The number of aromatic nitrogens is 2. The number of nitrogens with zero attached hydrogens (tertiary/aromatic N) is 2. The average Bonchev–Trinajstić information content (AvgIpc) is 3.04. The molecular formula is C15H23N3OS2. The van der Waals surface area contributed by atoms with Gasteiger partial charge in [-0.3, -0.25) is 0 Å². The summed E-state index contributed by atoms with van der Waals surface area (Å²) in [4.78, 5) is 10.1. The summed E-state index contributed by atoms with van der Waals surface area (Å²) in [5.74, 6) is 0.669.